The minimum atomic E-state index is -5.08. The van der Waals surface area contributed by atoms with Gasteiger partial charge in [-0.05, 0) is 37.4 Å². The standard InChI is InChI=1S/C17H21N3.C2HF3O2/c1-2-4-14(5-3-1)15-10-18-12-17(19-11-15)13-20-8-6-16(17)7-9-20;3-2(4,5)1(6)7/h1-5,10-11,16,19H,6-9,12-13H2;(H,6,7). The van der Waals surface area contributed by atoms with E-state index in [1.807, 2.05) is 6.21 Å². The highest BCUT2D eigenvalue weighted by atomic mass is 19.4. The second kappa shape index (κ2) is 7.72. The molecule has 1 unspecified atom stereocenters. The van der Waals surface area contributed by atoms with Crippen LogP contribution in [0.15, 0.2) is 41.5 Å². The zero-order valence-electron chi connectivity index (χ0n) is 14.7. The Morgan fingerprint density at radius 1 is 1.22 bits per heavy atom. The summed E-state index contributed by atoms with van der Waals surface area (Å²) in [5, 5.41) is 10.9. The molecule has 3 fully saturated rings. The maximum atomic E-state index is 10.6. The Morgan fingerprint density at radius 3 is 2.37 bits per heavy atom. The van der Waals surface area contributed by atoms with E-state index in [0.717, 1.165) is 19.0 Å². The van der Waals surface area contributed by atoms with Crippen molar-refractivity contribution in [3.8, 4) is 0 Å². The van der Waals surface area contributed by atoms with Gasteiger partial charge in [0, 0.05) is 24.5 Å². The summed E-state index contributed by atoms with van der Waals surface area (Å²) in [6.07, 6.45) is 1.77. The molecule has 1 aromatic carbocycles. The third kappa shape index (κ3) is 4.50. The Balaban J connectivity index is 0.000000260. The van der Waals surface area contributed by atoms with Crippen LogP contribution in [0.4, 0.5) is 13.2 Å². The third-order valence-corrected chi connectivity index (χ3v) is 5.34. The molecule has 0 radical (unpaired) electrons. The number of carbonyl (C=O) groups is 1. The fourth-order valence-electron chi connectivity index (χ4n) is 3.91. The average Bonchev–Trinajstić information content (AvgIpc) is 2.86. The number of hydrogen-bond acceptors (Lipinski definition) is 4. The Hall–Kier alpha value is -2.35. The zero-order valence-corrected chi connectivity index (χ0v) is 14.7. The molecular weight excluding hydrogens is 359 g/mol. The van der Waals surface area contributed by atoms with Crippen molar-refractivity contribution in [1.29, 1.82) is 0 Å². The number of carboxylic acid groups (broad SMARTS) is 1. The molecule has 0 aromatic heterocycles. The molecule has 5 rings (SSSR count). The predicted molar refractivity (Wildman–Crippen MR) is 96.5 cm³/mol. The minimum Gasteiger partial charge on any atom is -0.475 e. The largest absolute Gasteiger partial charge is 0.490 e. The first-order valence-corrected chi connectivity index (χ1v) is 8.86. The number of alkyl halides is 3. The van der Waals surface area contributed by atoms with Gasteiger partial charge in [0.2, 0.25) is 0 Å². The number of allylic oxidation sites excluding steroid dienone is 1. The summed E-state index contributed by atoms with van der Waals surface area (Å²) in [6, 6.07) is 10.5. The molecule has 27 heavy (non-hydrogen) atoms. The van der Waals surface area contributed by atoms with Crippen molar-refractivity contribution >= 4 is 17.8 Å². The van der Waals surface area contributed by atoms with Crippen LogP contribution in [-0.2, 0) is 4.79 Å². The highest BCUT2D eigenvalue weighted by molar-refractivity contribution is 6.09. The number of piperidine rings is 3. The lowest BCUT2D eigenvalue weighted by Crippen LogP contribution is -2.66. The van der Waals surface area contributed by atoms with E-state index in [-0.39, 0.29) is 5.54 Å². The van der Waals surface area contributed by atoms with Gasteiger partial charge < -0.3 is 15.3 Å². The summed E-state index contributed by atoms with van der Waals surface area (Å²) >= 11 is 0. The predicted octanol–water partition coefficient (Wildman–Crippen LogP) is 2.80. The van der Waals surface area contributed by atoms with Crippen LogP contribution in [0.3, 0.4) is 0 Å². The van der Waals surface area contributed by atoms with E-state index in [1.165, 1.54) is 37.1 Å². The van der Waals surface area contributed by atoms with Crippen LogP contribution in [0.5, 0.6) is 0 Å². The second-order valence-corrected chi connectivity index (χ2v) is 7.09. The van der Waals surface area contributed by atoms with Gasteiger partial charge in [0.05, 0.1) is 12.1 Å². The Labute approximate surface area is 155 Å². The molecule has 1 spiro atoms. The SMILES string of the molecule is C1=NCC2(CN3CCC2CC3)NC=C1c1ccccc1.O=C(O)C(F)(F)F. The summed E-state index contributed by atoms with van der Waals surface area (Å²) in [5.41, 5.74) is 2.60. The molecule has 0 saturated carbocycles. The fraction of sp³-hybridized carbons (Fsp3) is 0.474. The number of carboxylic acids is 1. The van der Waals surface area contributed by atoms with E-state index in [1.54, 1.807) is 0 Å². The molecule has 0 amide bonds. The summed E-state index contributed by atoms with van der Waals surface area (Å²) < 4.78 is 31.7. The van der Waals surface area contributed by atoms with Crippen molar-refractivity contribution < 1.29 is 23.1 Å². The molecule has 2 bridgehead atoms. The van der Waals surface area contributed by atoms with Gasteiger partial charge in [-0.25, -0.2) is 4.79 Å². The molecule has 3 saturated heterocycles. The van der Waals surface area contributed by atoms with Crippen LogP contribution in [0.2, 0.25) is 0 Å². The monoisotopic (exact) mass is 381 g/mol. The Kier molecular flexibility index (Phi) is 5.55. The van der Waals surface area contributed by atoms with E-state index < -0.39 is 12.1 Å². The highest BCUT2D eigenvalue weighted by Gasteiger charge is 2.46. The Bertz CT molecular complexity index is 725. The van der Waals surface area contributed by atoms with Gasteiger partial charge >= 0.3 is 12.1 Å². The number of fused-ring (bicyclic) bond motifs is 2. The van der Waals surface area contributed by atoms with Crippen LogP contribution in [0, 0.1) is 5.92 Å². The summed E-state index contributed by atoms with van der Waals surface area (Å²) in [6.45, 7) is 4.59. The number of halogens is 3. The quantitative estimate of drug-likeness (QED) is 0.785. The van der Waals surface area contributed by atoms with Crippen LogP contribution in [-0.4, -0.2) is 60.1 Å². The number of nitrogens with zero attached hydrogens (tertiary/aromatic N) is 2. The molecule has 4 aliphatic heterocycles. The summed E-state index contributed by atoms with van der Waals surface area (Å²) in [7, 11) is 0. The molecule has 5 nitrogen and oxygen atoms in total. The summed E-state index contributed by atoms with van der Waals surface area (Å²) in [5.74, 6) is -1.98. The maximum Gasteiger partial charge on any atom is 0.490 e. The van der Waals surface area contributed by atoms with Gasteiger partial charge in [0.1, 0.15) is 0 Å². The van der Waals surface area contributed by atoms with Crippen molar-refractivity contribution in [2.24, 2.45) is 10.9 Å². The van der Waals surface area contributed by atoms with E-state index in [4.69, 9.17) is 14.9 Å². The third-order valence-electron chi connectivity index (χ3n) is 5.34. The molecule has 0 aliphatic carbocycles. The number of benzene rings is 1. The number of aliphatic carboxylic acids is 1. The van der Waals surface area contributed by atoms with Gasteiger partial charge in [-0.2, -0.15) is 13.2 Å². The lowest BCUT2D eigenvalue weighted by atomic mass is 9.73. The van der Waals surface area contributed by atoms with E-state index >= 15 is 0 Å². The first kappa shape index (κ1) is 19.4. The molecule has 2 N–H and O–H groups in total. The topological polar surface area (TPSA) is 64.9 Å². The maximum absolute atomic E-state index is 10.6. The molecule has 4 heterocycles. The van der Waals surface area contributed by atoms with Crippen LogP contribution < -0.4 is 5.32 Å². The molecule has 1 atom stereocenters. The van der Waals surface area contributed by atoms with Crippen molar-refractivity contribution in [1.82, 2.24) is 10.2 Å². The normalized spacial score (nSPS) is 29.2. The van der Waals surface area contributed by atoms with Gasteiger partial charge in [-0.3, -0.25) is 4.99 Å². The molecule has 4 aliphatic rings. The van der Waals surface area contributed by atoms with Crippen molar-refractivity contribution in [3.63, 3.8) is 0 Å². The van der Waals surface area contributed by atoms with Crippen molar-refractivity contribution in [3.05, 3.63) is 42.1 Å². The van der Waals surface area contributed by atoms with Crippen LogP contribution in [0.1, 0.15) is 18.4 Å². The first-order valence-electron chi connectivity index (χ1n) is 8.86. The van der Waals surface area contributed by atoms with Crippen molar-refractivity contribution in [2.45, 2.75) is 24.6 Å². The molecular formula is C19H22F3N3O2. The molecule has 1 aromatic rings. The number of rotatable bonds is 1. The number of nitrogens with one attached hydrogen (secondary N) is 1. The summed E-state index contributed by atoms with van der Waals surface area (Å²) in [4.78, 5) is 16.2. The lowest BCUT2D eigenvalue weighted by Gasteiger charge is -2.52. The van der Waals surface area contributed by atoms with Crippen molar-refractivity contribution in [2.75, 3.05) is 26.2 Å². The molecule has 146 valence electrons. The van der Waals surface area contributed by atoms with E-state index in [0.29, 0.717) is 0 Å². The first-order chi connectivity index (χ1) is 12.8. The van der Waals surface area contributed by atoms with Gasteiger partial charge in [-0.1, -0.05) is 30.3 Å². The van der Waals surface area contributed by atoms with Gasteiger partial charge in [0.15, 0.2) is 0 Å². The Morgan fingerprint density at radius 2 is 1.85 bits per heavy atom. The van der Waals surface area contributed by atoms with Crippen LogP contribution in [0.25, 0.3) is 5.57 Å². The minimum absolute atomic E-state index is 0.170. The molecule has 8 heteroatoms. The average molecular weight is 381 g/mol. The zero-order chi connectivity index (χ0) is 19.5. The van der Waals surface area contributed by atoms with E-state index in [9.17, 15) is 13.2 Å². The fourth-order valence-corrected chi connectivity index (χ4v) is 3.91. The highest BCUT2D eigenvalue weighted by Crippen LogP contribution is 2.36. The smallest absolute Gasteiger partial charge is 0.475 e. The number of hydrogen-bond donors (Lipinski definition) is 2. The van der Waals surface area contributed by atoms with E-state index in [2.05, 4.69) is 46.7 Å². The lowest BCUT2D eigenvalue weighted by molar-refractivity contribution is -0.192. The second-order valence-electron chi connectivity index (χ2n) is 7.09. The van der Waals surface area contributed by atoms with Gasteiger partial charge in [-0.15, -0.1) is 0 Å². The van der Waals surface area contributed by atoms with Gasteiger partial charge in [0.25, 0.3) is 0 Å². The number of aliphatic imine (C=N–C) groups is 1. The van der Waals surface area contributed by atoms with Crippen LogP contribution >= 0.6 is 0 Å².